The summed E-state index contributed by atoms with van der Waals surface area (Å²) in [6.45, 7) is 1.39. The molecule has 1 aromatic carbocycles. The van der Waals surface area contributed by atoms with E-state index in [1.54, 1.807) is 18.2 Å². The summed E-state index contributed by atoms with van der Waals surface area (Å²) in [5.41, 5.74) is 1.40. The van der Waals surface area contributed by atoms with E-state index in [1.807, 2.05) is 4.90 Å². The molecule has 1 aliphatic rings. The molecule has 0 bridgehead atoms. The van der Waals surface area contributed by atoms with Crippen LogP contribution in [0.4, 0.5) is 10.5 Å². The maximum Gasteiger partial charge on any atom is 0.407 e. The van der Waals surface area contributed by atoms with Crippen molar-refractivity contribution in [2.45, 2.75) is 12.5 Å². The number of nitrogens with zero attached hydrogens (tertiary/aromatic N) is 1. The van der Waals surface area contributed by atoms with Crippen LogP contribution in [-0.4, -0.2) is 38.6 Å². The maximum absolute atomic E-state index is 11.2. The van der Waals surface area contributed by atoms with Crippen LogP contribution in [0.25, 0.3) is 0 Å². The largest absolute Gasteiger partial charge is 0.453 e. The van der Waals surface area contributed by atoms with Crippen LogP contribution in [0.15, 0.2) is 18.2 Å². The van der Waals surface area contributed by atoms with Gasteiger partial charge in [-0.2, -0.15) is 0 Å². The smallest absolute Gasteiger partial charge is 0.407 e. The van der Waals surface area contributed by atoms with Gasteiger partial charge >= 0.3 is 6.09 Å². The molecule has 1 amide bonds. The fraction of sp³-hybridized carbons (Fsp3) is 0.385. The second-order valence-electron chi connectivity index (χ2n) is 4.39. The number of hydrogen-bond donors (Lipinski definition) is 1. The molecule has 1 aliphatic heterocycles. The van der Waals surface area contributed by atoms with Gasteiger partial charge in [0.25, 0.3) is 0 Å². The molecule has 2 rings (SSSR count). The zero-order valence-electron chi connectivity index (χ0n) is 10.6. The summed E-state index contributed by atoms with van der Waals surface area (Å²) in [6.07, 6.45) is 1.18. The van der Waals surface area contributed by atoms with Crippen LogP contribution < -0.4 is 10.2 Å². The average molecular weight is 283 g/mol. The monoisotopic (exact) mass is 282 g/mol. The molecule has 102 valence electrons. The van der Waals surface area contributed by atoms with Crippen molar-refractivity contribution in [1.82, 2.24) is 5.32 Å². The minimum Gasteiger partial charge on any atom is -0.453 e. The summed E-state index contributed by atoms with van der Waals surface area (Å²) in [5, 5.41) is 3.34. The number of amides is 1. The summed E-state index contributed by atoms with van der Waals surface area (Å²) < 4.78 is 4.57. The summed E-state index contributed by atoms with van der Waals surface area (Å²) >= 11 is 5.96. The molecule has 0 spiro atoms. The normalized spacial score (nSPS) is 18.2. The summed E-state index contributed by atoms with van der Waals surface area (Å²) in [7, 11) is 1.34. The van der Waals surface area contributed by atoms with Gasteiger partial charge < -0.3 is 15.0 Å². The Hall–Kier alpha value is -1.75. The Bertz CT molecular complexity index is 493. The van der Waals surface area contributed by atoms with Crippen LogP contribution in [0.5, 0.6) is 0 Å². The Morgan fingerprint density at radius 1 is 1.58 bits per heavy atom. The Balaban J connectivity index is 2.10. The van der Waals surface area contributed by atoms with Gasteiger partial charge in [0, 0.05) is 29.4 Å². The van der Waals surface area contributed by atoms with E-state index in [0.717, 1.165) is 24.9 Å². The number of anilines is 1. The van der Waals surface area contributed by atoms with Crippen LogP contribution >= 0.6 is 11.6 Å². The molecule has 0 radical (unpaired) electrons. The number of aldehydes is 1. The van der Waals surface area contributed by atoms with E-state index in [2.05, 4.69) is 10.1 Å². The Morgan fingerprint density at radius 3 is 3.05 bits per heavy atom. The highest BCUT2D eigenvalue weighted by atomic mass is 35.5. The number of methoxy groups -OCH3 is 1. The Morgan fingerprint density at radius 2 is 2.37 bits per heavy atom. The van der Waals surface area contributed by atoms with Gasteiger partial charge in [0.15, 0.2) is 6.29 Å². The van der Waals surface area contributed by atoms with Crippen molar-refractivity contribution in [2.75, 3.05) is 25.1 Å². The van der Waals surface area contributed by atoms with E-state index < -0.39 is 6.09 Å². The zero-order valence-corrected chi connectivity index (χ0v) is 11.3. The average Bonchev–Trinajstić information content (AvgIpc) is 2.86. The highest BCUT2D eigenvalue weighted by molar-refractivity contribution is 6.31. The van der Waals surface area contributed by atoms with Crippen LogP contribution in [0.1, 0.15) is 16.8 Å². The number of halogens is 1. The van der Waals surface area contributed by atoms with Gasteiger partial charge in [-0.05, 0) is 24.6 Å². The van der Waals surface area contributed by atoms with E-state index in [-0.39, 0.29) is 6.04 Å². The van der Waals surface area contributed by atoms with E-state index >= 15 is 0 Å². The van der Waals surface area contributed by atoms with E-state index in [0.29, 0.717) is 17.1 Å². The second-order valence-corrected chi connectivity index (χ2v) is 4.82. The lowest BCUT2D eigenvalue weighted by Crippen LogP contribution is -2.37. The van der Waals surface area contributed by atoms with E-state index in [1.165, 1.54) is 7.11 Å². The third-order valence-electron chi connectivity index (χ3n) is 3.16. The van der Waals surface area contributed by atoms with Crippen LogP contribution in [-0.2, 0) is 4.74 Å². The lowest BCUT2D eigenvalue weighted by atomic mass is 10.2. The van der Waals surface area contributed by atoms with E-state index in [9.17, 15) is 9.59 Å². The predicted molar refractivity (Wildman–Crippen MR) is 73.0 cm³/mol. The highest BCUT2D eigenvalue weighted by Gasteiger charge is 2.25. The number of carbonyl (C=O) groups is 2. The van der Waals surface area contributed by atoms with Crippen LogP contribution in [0.2, 0.25) is 5.02 Å². The quantitative estimate of drug-likeness (QED) is 0.863. The molecule has 1 atom stereocenters. The van der Waals surface area contributed by atoms with E-state index in [4.69, 9.17) is 11.6 Å². The number of nitrogens with one attached hydrogen (secondary N) is 1. The number of carbonyl (C=O) groups excluding carboxylic acids is 2. The molecular weight excluding hydrogens is 268 g/mol. The first kappa shape index (κ1) is 13.7. The lowest BCUT2D eigenvalue weighted by Gasteiger charge is -2.20. The van der Waals surface area contributed by atoms with Gasteiger partial charge in [-0.25, -0.2) is 4.79 Å². The van der Waals surface area contributed by atoms with Gasteiger partial charge in [0.05, 0.1) is 13.2 Å². The molecule has 6 heteroatoms. The number of ether oxygens (including phenoxy) is 1. The molecule has 1 N–H and O–H groups in total. The zero-order chi connectivity index (χ0) is 13.8. The van der Waals surface area contributed by atoms with Crippen molar-refractivity contribution in [3.8, 4) is 0 Å². The Kier molecular flexibility index (Phi) is 4.27. The minimum absolute atomic E-state index is 0.0194. The molecule has 0 aromatic heterocycles. The first-order valence-corrected chi connectivity index (χ1v) is 6.36. The Labute approximate surface area is 116 Å². The predicted octanol–water partition coefficient (Wildman–Crippen LogP) is 2.09. The van der Waals surface area contributed by atoms with Crippen LogP contribution in [0, 0.1) is 0 Å². The molecule has 5 nitrogen and oxygen atoms in total. The van der Waals surface area contributed by atoms with Gasteiger partial charge in [-0.15, -0.1) is 0 Å². The van der Waals surface area contributed by atoms with Gasteiger partial charge in [0.2, 0.25) is 0 Å². The number of rotatable bonds is 3. The van der Waals surface area contributed by atoms with Crippen molar-refractivity contribution in [3.05, 3.63) is 28.8 Å². The molecular formula is C13H15ClN2O3. The molecule has 19 heavy (non-hydrogen) atoms. The second kappa shape index (κ2) is 5.93. The summed E-state index contributed by atoms with van der Waals surface area (Å²) in [6, 6.07) is 5.18. The third kappa shape index (κ3) is 3.17. The highest BCUT2D eigenvalue weighted by Crippen LogP contribution is 2.27. The molecule has 1 saturated heterocycles. The fourth-order valence-electron chi connectivity index (χ4n) is 2.21. The number of benzene rings is 1. The lowest BCUT2D eigenvalue weighted by molar-refractivity contribution is 0.112. The summed E-state index contributed by atoms with van der Waals surface area (Å²) in [5.74, 6) is 0. The standard InChI is InChI=1S/C13H15ClN2O3/c1-19-13(18)15-11-4-5-16(7-11)12-6-10(14)3-2-9(12)8-17/h2-3,6,8,11H,4-5,7H2,1H3,(H,15,18). The molecule has 0 saturated carbocycles. The van der Waals surface area contributed by atoms with Crippen molar-refractivity contribution < 1.29 is 14.3 Å². The van der Waals surface area contributed by atoms with Crippen molar-refractivity contribution in [1.29, 1.82) is 0 Å². The minimum atomic E-state index is -0.437. The van der Waals surface area contributed by atoms with Crippen molar-refractivity contribution >= 4 is 29.7 Å². The molecule has 1 heterocycles. The maximum atomic E-state index is 11.2. The topological polar surface area (TPSA) is 58.6 Å². The third-order valence-corrected chi connectivity index (χ3v) is 3.39. The number of hydrogen-bond acceptors (Lipinski definition) is 4. The van der Waals surface area contributed by atoms with Crippen molar-refractivity contribution in [2.24, 2.45) is 0 Å². The fourth-order valence-corrected chi connectivity index (χ4v) is 2.38. The molecule has 1 fully saturated rings. The SMILES string of the molecule is COC(=O)NC1CCN(c2cc(Cl)ccc2C=O)C1. The number of alkyl carbamates (subject to hydrolysis) is 1. The van der Waals surface area contributed by atoms with Gasteiger partial charge in [-0.1, -0.05) is 11.6 Å². The first-order valence-electron chi connectivity index (χ1n) is 5.98. The molecule has 0 aliphatic carbocycles. The molecule has 1 aromatic rings. The van der Waals surface area contributed by atoms with Crippen molar-refractivity contribution in [3.63, 3.8) is 0 Å². The van der Waals surface area contributed by atoms with Gasteiger partial charge in [0.1, 0.15) is 0 Å². The first-order chi connectivity index (χ1) is 9.13. The van der Waals surface area contributed by atoms with Crippen LogP contribution in [0.3, 0.4) is 0 Å². The summed E-state index contributed by atoms with van der Waals surface area (Å²) in [4.78, 5) is 24.2. The van der Waals surface area contributed by atoms with Gasteiger partial charge in [-0.3, -0.25) is 4.79 Å². The molecule has 1 unspecified atom stereocenters.